The van der Waals surface area contributed by atoms with E-state index in [4.69, 9.17) is 0 Å². The molecule has 0 bridgehead atoms. The van der Waals surface area contributed by atoms with E-state index in [0.29, 0.717) is 5.96 Å². The Balaban J connectivity index is 0.00000243. The first-order valence-electron chi connectivity index (χ1n) is 8.20. The number of halogens is 2. The van der Waals surface area contributed by atoms with Crippen molar-refractivity contribution in [3.63, 3.8) is 0 Å². The van der Waals surface area contributed by atoms with Gasteiger partial charge in [0.05, 0.1) is 6.54 Å². The monoisotopic (exact) mass is 528 g/mol. The van der Waals surface area contributed by atoms with E-state index in [0.717, 1.165) is 34.4 Å². The predicted octanol–water partition coefficient (Wildman–Crippen LogP) is 3.95. The lowest BCUT2D eigenvalue weighted by molar-refractivity contribution is -0.115. The molecule has 0 saturated carbocycles. The number of aryl methyl sites for hydroxylation is 1. The molecule has 2 aromatic rings. The molecule has 0 aromatic heterocycles. The lowest BCUT2D eigenvalue weighted by Crippen LogP contribution is -2.43. The van der Waals surface area contributed by atoms with Crippen LogP contribution >= 0.6 is 39.9 Å². The Morgan fingerprint density at radius 2 is 2.04 bits per heavy atom. The van der Waals surface area contributed by atoms with Crippen LogP contribution in [0.15, 0.2) is 51.9 Å². The van der Waals surface area contributed by atoms with Gasteiger partial charge in [0, 0.05) is 29.4 Å². The summed E-state index contributed by atoms with van der Waals surface area (Å²) in [5.41, 5.74) is 4.29. The summed E-state index contributed by atoms with van der Waals surface area (Å²) in [5, 5.41) is 6.09. The Hall–Kier alpha value is -1.61. The van der Waals surface area contributed by atoms with Crippen LogP contribution in [0.2, 0.25) is 0 Å². The number of anilines is 2. The van der Waals surface area contributed by atoms with Crippen LogP contribution in [-0.2, 0) is 11.2 Å². The molecule has 1 aliphatic heterocycles. The molecule has 7 heteroatoms. The predicted molar refractivity (Wildman–Crippen MR) is 122 cm³/mol. The van der Waals surface area contributed by atoms with Gasteiger partial charge in [0.1, 0.15) is 0 Å². The zero-order chi connectivity index (χ0) is 17.8. The van der Waals surface area contributed by atoms with Crippen LogP contribution in [0.4, 0.5) is 11.4 Å². The molecule has 5 nitrogen and oxygen atoms in total. The van der Waals surface area contributed by atoms with E-state index in [1.807, 2.05) is 37.3 Å². The van der Waals surface area contributed by atoms with Gasteiger partial charge in [-0.3, -0.25) is 9.79 Å². The highest BCUT2D eigenvalue weighted by molar-refractivity contribution is 14.0. The summed E-state index contributed by atoms with van der Waals surface area (Å²) in [5.74, 6) is 0.612. The molecule has 26 heavy (non-hydrogen) atoms. The summed E-state index contributed by atoms with van der Waals surface area (Å²) in [6.45, 7) is 3.00. The number of para-hydroxylation sites is 1. The van der Waals surface area contributed by atoms with Gasteiger partial charge in [-0.2, -0.15) is 0 Å². The van der Waals surface area contributed by atoms with E-state index in [-0.39, 0.29) is 36.4 Å². The number of guanidine groups is 1. The molecule has 138 valence electrons. The van der Waals surface area contributed by atoms with Crippen LogP contribution in [0.5, 0.6) is 0 Å². The third kappa shape index (κ3) is 4.76. The topological polar surface area (TPSA) is 56.7 Å². The Morgan fingerprint density at radius 1 is 1.27 bits per heavy atom. The molecule has 3 rings (SSSR count). The average molecular weight is 529 g/mol. The van der Waals surface area contributed by atoms with Crippen LogP contribution in [0.3, 0.4) is 0 Å². The lowest BCUT2D eigenvalue weighted by atomic mass is 10.2. The molecule has 0 spiro atoms. The summed E-state index contributed by atoms with van der Waals surface area (Å²) < 4.78 is 0.936. The Labute approximate surface area is 179 Å². The highest BCUT2D eigenvalue weighted by atomic mass is 127. The van der Waals surface area contributed by atoms with Crippen LogP contribution in [-0.4, -0.2) is 32.0 Å². The molecule has 2 aromatic carbocycles. The molecule has 0 atom stereocenters. The number of hydrogen-bond acceptors (Lipinski definition) is 2. The van der Waals surface area contributed by atoms with E-state index in [2.05, 4.69) is 48.6 Å². The molecule has 0 saturated heterocycles. The third-order valence-electron chi connectivity index (χ3n) is 4.24. The van der Waals surface area contributed by atoms with Gasteiger partial charge in [0.2, 0.25) is 5.91 Å². The number of aliphatic imine (C=N–C) groups is 1. The van der Waals surface area contributed by atoms with Gasteiger partial charge >= 0.3 is 0 Å². The zero-order valence-corrected chi connectivity index (χ0v) is 18.7. The second kappa shape index (κ2) is 9.36. The molecular formula is C19H22BrIN4O. The van der Waals surface area contributed by atoms with E-state index in [1.54, 1.807) is 7.05 Å². The maximum absolute atomic E-state index is 12.3. The van der Waals surface area contributed by atoms with Crippen molar-refractivity contribution in [2.45, 2.75) is 13.3 Å². The van der Waals surface area contributed by atoms with Gasteiger partial charge in [0.15, 0.2) is 5.96 Å². The number of nitrogens with one attached hydrogen (secondary N) is 2. The highest BCUT2D eigenvalue weighted by Gasteiger charge is 2.22. The van der Waals surface area contributed by atoms with E-state index >= 15 is 0 Å². The summed E-state index contributed by atoms with van der Waals surface area (Å²) in [7, 11) is 1.74. The fourth-order valence-corrected chi connectivity index (χ4v) is 3.30. The maximum Gasteiger partial charge on any atom is 0.243 e. The van der Waals surface area contributed by atoms with E-state index in [9.17, 15) is 4.79 Å². The average Bonchev–Trinajstić information content (AvgIpc) is 3.03. The maximum atomic E-state index is 12.3. The molecule has 1 amide bonds. The first-order chi connectivity index (χ1) is 12.1. The standard InChI is InChI=1S/C19H21BrN4O.HI/c1-13-7-8-15(20)11-16(13)23-18(25)12-22-19(21-2)24-10-9-14-5-3-4-6-17(14)24;/h3-8,11H,9-10,12H2,1-2H3,(H,21,22)(H,23,25);1H. The number of nitrogens with zero attached hydrogens (tertiary/aromatic N) is 2. The Bertz CT molecular complexity index is 825. The second-order valence-electron chi connectivity index (χ2n) is 5.94. The number of amides is 1. The molecule has 1 aliphatic rings. The molecule has 0 fully saturated rings. The van der Waals surface area contributed by atoms with Gasteiger partial charge in [-0.1, -0.05) is 40.2 Å². The van der Waals surface area contributed by atoms with Crippen molar-refractivity contribution < 1.29 is 4.79 Å². The minimum Gasteiger partial charge on any atom is -0.347 e. The Kier molecular flexibility index (Phi) is 7.45. The van der Waals surface area contributed by atoms with Gasteiger partial charge < -0.3 is 15.5 Å². The summed E-state index contributed by atoms with van der Waals surface area (Å²) in [6, 6.07) is 14.1. The van der Waals surface area contributed by atoms with Gasteiger partial charge in [-0.25, -0.2) is 0 Å². The van der Waals surface area contributed by atoms with Crippen molar-refractivity contribution >= 4 is 63.1 Å². The van der Waals surface area contributed by atoms with Crippen molar-refractivity contribution in [1.82, 2.24) is 5.32 Å². The van der Waals surface area contributed by atoms with Gasteiger partial charge in [-0.05, 0) is 42.7 Å². The smallest absolute Gasteiger partial charge is 0.243 e. The first kappa shape index (κ1) is 20.7. The first-order valence-corrected chi connectivity index (χ1v) is 9.00. The van der Waals surface area contributed by atoms with Crippen LogP contribution in [0, 0.1) is 6.92 Å². The van der Waals surface area contributed by atoms with Crippen molar-refractivity contribution in [2.24, 2.45) is 4.99 Å². The largest absolute Gasteiger partial charge is 0.347 e. The number of carbonyl (C=O) groups is 1. The fraction of sp³-hybridized carbons (Fsp3) is 0.263. The summed E-state index contributed by atoms with van der Waals surface area (Å²) in [6.07, 6.45) is 0.986. The summed E-state index contributed by atoms with van der Waals surface area (Å²) in [4.78, 5) is 18.7. The van der Waals surface area contributed by atoms with Crippen molar-refractivity contribution in [3.05, 3.63) is 58.1 Å². The number of benzene rings is 2. The molecule has 0 aliphatic carbocycles. The molecule has 0 unspecified atom stereocenters. The van der Waals surface area contributed by atoms with Crippen LogP contribution in [0.1, 0.15) is 11.1 Å². The Morgan fingerprint density at radius 3 is 2.81 bits per heavy atom. The lowest BCUT2D eigenvalue weighted by Gasteiger charge is -2.22. The van der Waals surface area contributed by atoms with Crippen molar-refractivity contribution in [3.8, 4) is 0 Å². The fourth-order valence-electron chi connectivity index (χ4n) is 2.94. The summed E-state index contributed by atoms with van der Waals surface area (Å²) >= 11 is 3.43. The third-order valence-corrected chi connectivity index (χ3v) is 4.73. The van der Waals surface area contributed by atoms with Crippen molar-refractivity contribution in [1.29, 1.82) is 0 Å². The molecule has 2 N–H and O–H groups in total. The SMILES string of the molecule is CN=C(NCC(=O)Nc1cc(Br)ccc1C)N1CCc2ccccc21.I. The minimum atomic E-state index is -0.102. The number of hydrogen-bond donors (Lipinski definition) is 2. The van der Waals surface area contributed by atoms with Crippen LogP contribution in [0.25, 0.3) is 0 Å². The number of carbonyl (C=O) groups excluding carboxylic acids is 1. The van der Waals surface area contributed by atoms with E-state index in [1.165, 1.54) is 5.56 Å². The van der Waals surface area contributed by atoms with Crippen molar-refractivity contribution in [2.75, 3.05) is 30.4 Å². The van der Waals surface area contributed by atoms with Crippen LogP contribution < -0.4 is 15.5 Å². The van der Waals surface area contributed by atoms with Gasteiger partial charge in [0.25, 0.3) is 0 Å². The normalized spacial score (nSPS) is 13.0. The number of rotatable bonds is 3. The molecular weight excluding hydrogens is 507 g/mol. The molecule has 1 heterocycles. The highest BCUT2D eigenvalue weighted by Crippen LogP contribution is 2.27. The zero-order valence-electron chi connectivity index (χ0n) is 14.8. The van der Waals surface area contributed by atoms with Gasteiger partial charge in [-0.15, -0.1) is 24.0 Å². The van der Waals surface area contributed by atoms with E-state index < -0.39 is 0 Å². The quantitative estimate of drug-likeness (QED) is 0.360. The second-order valence-corrected chi connectivity index (χ2v) is 6.85. The molecule has 0 radical (unpaired) electrons. The number of fused-ring (bicyclic) bond motifs is 1. The minimum absolute atomic E-state index is 0.